The highest BCUT2D eigenvalue weighted by Gasteiger charge is 2.14. The molecule has 0 aliphatic heterocycles. The minimum atomic E-state index is -0.385. The highest BCUT2D eigenvalue weighted by molar-refractivity contribution is 5.93. The second-order valence-electron chi connectivity index (χ2n) is 6.24. The van der Waals surface area contributed by atoms with Crippen LogP contribution in [0.5, 0.6) is 17.2 Å². The predicted molar refractivity (Wildman–Crippen MR) is 113 cm³/mol. The topological polar surface area (TPSA) is 86.1 Å². The van der Waals surface area contributed by atoms with Crippen LogP contribution in [0.2, 0.25) is 0 Å². The van der Waals surface area contributed by atoms with E-state index in [1.807, 2.05) is 24.3 Å². The Kier molecular flexibility index (Phi) is 6.59. The third-order valence-corrected chi connectivity index (χ3v) is 4.29. The molecule has 8 nitrogen and oxygen atoms in total. The molecular formula is C22H22N4O4. The Morgan fingerprint density at radius 2 is 1.57 bits per heavy atom. The third-order valence-electron chi connectivity index (χ3n) is 4.29. The molecule has 0 atom stereocenters. The summed E-state index contributed by atoms with van der Waals surface area (Å²) < 4.78 is 15.6. The molecule has 0 saturated heterocycles. The van der Waals surface area contributed by atoms with Gasteiger partial charge in [0.15, 0.2) is 0 Å². The van der Waals surface area contributed by atoms with Crippen LogP contribution in [0.3, 0.4) is 0 Å². The Morgan fingerprint density at radius 1 is 0.933 bits per heavy atom. The molecule has 2 aromatic carbocycles. The Morgan fingerprint density at radius 3 is 2.17 bits per heavy atom. The summed E-state index contributed by atoms with van der Waals surface area (Å²) in [5.74, 6) is 1.61. The van der Waals surface area contributed by atoms with E-state index in [2.05, 4.69) is 15.1 Å². The van der Waals surface area contributed by atoms with Crippen molar-refractivity contribution in [1.29, 1.82) is 0 Å². The monoisotopic (exact) mass is 406 g/mol. The van der Waals surface area contributed by atoms with Gasteiger partial charge < -0.3 is 14.2 Å². The van der Waals surface area contributed by atoms with Crippen LogP contribution >= 0.6 is 0 Å². The van der Waals surface area contributed by atoms with Gasteiger partial charge in [0.25, 0.3) is 5.91 Å². The maximum Gasteiger partial charge on any atom is 0.293 e. The largest absolute Gasteiger partial charge is 0.497 e. The second kappa shape index (κ2) is 9.51. The van der Waals surface area contributed by atoms with Gasteiger partial charge in [-0.05, 0) is 36.4 Å². The first-order valence-electron chi connectivity index (χ1n) is 9.05. The molecule has 0 bridgehead atoms. The lowest BCUT2D eigenvalue weighted by Crippen LogP contribution is -2.22. The summed E-state index contributed by atoms with van der Waals surface area (Å²) in [6, 6.07) is 12.7. The van der Waals surface area contributed by atoms with Crippen LogP contribution < -0.4 is 14.2 Å². The number of benzene rings is 2. The van der Waals surface area contributed by atoms with Gasteiger partial charge in [-0.1, -0.05) is 0 Å². The van der Waals surface area contributed by atoms with Crippen molar-refractivity contribution < 1.29 is 19.0 Å². The average molecular weight is 406 g/mol. The van der Waals surface area contributed by atoms with E-state index in [-0.39, 0.29) is 11.6 Å². The standard InChI is InChI=1S/C22H22N4O4/c1-26(24-12-15-9-18(29-3)11-19(10-15)30-4)22(27)21-14-23-13-20(25-21)16-5-7-17(28-2)8-6-16/h5-14H,1-4H3/b24-12+. The van der Waals surface area contributed by atoms with Crippen molar-refractivity contribution in [2.75, 3.05) is 28.4 Å². The molecule has 0 aliphatic carbocycles. The highest BCUT2D eigenvalue weighted by atomic mass is 16.5. The van der Waals surface area contributed by atoms with Crippen molar-refractivity contribution >= 4 is 12.1 Å². The van der Waals surface area contributed by atoms with Crippen LogP contribution in [0.4, 0.5) is 0 Å². The first-order chi connectivity index (χ1) is 14.5. The molecule has 0 fully saturated rings. The van der Waals surface area contributed by atoms with Crippen LogP contribution in [0.1, 0.15) is 16.1 Å². The number of carbonyl (C=O) groups excluding carboxylic acids is 1. The van der Waals surface area contributed by atoms with Gasteiger partial charge in [0.1, 0.15) is 22.9 Å². The fourth-order valence-electron chi connectivity index (χ4n) is 2.65. The van der Waals surface area contributed by atoms with Crippen LogP contribution in [0, 0.1) is 0 Å². The number of nitrogens with zero attached hydrogens (tertiary/aromatic N) is 4. The molecule has 0 N–H and O–H groups in total. The maximum atomic E-state index is 12.7. The van der Waals surface area contributed by atoms with Crippen molar-refractivity contribution in [2.45, 2.75) is 0 Å². The van der Waals surface area contributed by atoms with E-state index < -0.39 is 0 Å². The van der Waals surface area contributed by atoms with Gasteiger partial charge in [0.05, 0.1) is 45.6 Å². The normalized spacial score (nSPS) is 10.7. The zero-order chi connectivity index (χ0) is 21.5. The molecule has 1 amide bonds. The highest BCUT2D eigenvalue weighted by Crippen LogP contribution is 2.22. The number of aromatic nitrogens is 2. The zero-order valence-corrected chi connectivity index (χ0v) is 17.2. The van der Waals surface area contributed by atoms with Gasteiger partial charge in [0.2, 0.25) is 0 Å². The van der Waals surface area contributed by atoms with E-state index in [0.29, 0.717) is 17.2 Å². The molecule has 30 heavy (non-hydrogen) atoms. The predicted octanol–water partition coefficient (Wildman–Crippen LogP) is 3.28. The second-order valence-corrected chi connectivity index (χ2v) is 6.24. The number of ether oxygens (including phenoxy) is 3. The molecule has 154 valence electrons. The van der Waals surface area contributed by atoms with E-state index >= 15 is 0 Å². The number of hydrogen-bond donors (Lipinski definition) is 0. The van der Waals surface area contributed by atoms with Crippen LogP contribution in [0.15, 0.2) is 60.0 Å². The van der Waals surface area contributed by atoms with Crippen molar-refractivity contribution in [3.8, 4) is 28.5 Å². The SMILES string of the molecule is COc1ccc(-c2cncc(C(=O)N(C)/N=C/c3cc(OC)cc(OC)c3)n2)cc1. The van der Waals surface area contributed by atoms with E-state index in [4.69, 9.17) is 14.2 Å². The summed E-state index contributed by atoms with van der Waals surface area (Å²) in [6.07, 6.45) is 4.56. The van der Waals surface area contributed by atoms with Gasteiger partial charge in [-0.2, -0.15) is 5.10 Å². The minimum Gasteiger partial charge on any atom is -0.497 e. The van der Waals surface area contributed by atoms with Crippen molar-refractivity contribution in [1.82, 2.24) is 15.0 Å². The molecule has 0 aliphatic rings. The van der Waals surface area contributed by atoms with E-state index in [0.717, 1.165) is 16.9 Å². The molecule has 0 saturated carbocycles. The smallest absolute Gasteiger partial charge is 0.293 e. The van der Waals surface area contributed by atoms with Gasteiger partial charge in [0, 0.05) is 24.2 Å². The molecule has 3 rings (SSSR count). The lowest BCUT2D eigenvalue weighted by molar-refractivity contribution is 0.0794. The Bertz CT molecular complexity index is 1030. The molecule has 1 aromatic heterocycles. The first kappa shape index (κ1) is 20.8. The quantitative estimate of drug-likeness (QED) is 0.442. The molecule has 0 unspecified atom stereocenters. The fraction of sp³-hybridized carbons (Fsp3) is 0.182. The van der Waals surface area contributed by atoms with Crippen molar-refractivity contribution in [3.05, 3.63) is 66.1 Å². The number of hydrogen-bond acceptors (Lipinski definition) is 7. The summed E-state index contributed by atoms with van der Waals surface area (Å²) in [6.45, 7) is 0. The lowest BCUT2D eigenvalue weighted by atomic mass is 10.1. The van der Waals surface area contributed by atoms with Crippen LogP contribution in [-0.2, 0) is 0 Å². The minimum absolute atomic E-state index is 0.186. The van der Waals surface area contributed by atoms with E-state index in [1.54, 1.807) is 59.0 Å². The Balaban J connectivity index is 1.78. The summed E-state index contributed by atoms with van der Waals surface area (Å²) in [5.41, 5.74) is 2.32. The van der Waals surface area contributed by atoms with Crippen molar-refractivity contribution in [3.63, 3.8) is 0 Å². The first-order valence-corrected chi connectivity index (χ1v) is 9.05. The zero-order valence-electron chi connectivity index (χ0n) is 17.2. The van der Waals surface area contributed by atoms with E-state index in [1.165, 1.54) is 11.2 Å². The Labute approximate surface area is 174 Å². The Hall–Kier alpha value is -3.94. The van der Waals surface area contributed by atoms with E-state index in [9.17, 15) is 4.79 Å². The molecule has 1 heterocycles. The molecule has 0 radical (unpaired) electrons. The van der Waals surface area contributed by atoms with Gasteiger partial charge in [-0.15, -0.1) is 0 Å². The van der Waals surface area contributed by atoms with Crippen LogP contribution in [-0.4, -0.2) is 55.5 Å². The van der Waals surface area contributed by atoms with Gasteiger partial charge >= 0.3 is 0 Å². The molecule has 3 aromatic rings. The molecule has 0 spiro atoms. The summed E-state index contributed by atoms with van der Waals surface area (Å²) in [7, 11) is 6.30. The van der Waals surface area contributed by atoms with Crippen LogP contribution in [0.25, 0.3) is 11.3 Å². The van der Waals surface area contributed by atoms with Gasteiger partial charge in [-0.25, -0.2) is 9.99 Å². The third kappa shape index (κ3) is 4.91. The number of rotatable bonds is 7. The number of methoxy groups -OCH3 is 3. The average Bonchev–Trinajstić information content (AvgIpc) is 2.81. The molecular weight excluding hydrogens is 384 g/mol. The summed E-state index contributed by atoms with van der Waals surface area (Å²) in [4.78, 5) is 21.3. The summed E-state index contributed by atoms with van der Waals surface area (Å²) in [5, 5.41) is 5.41. The number of amides is 1. The lowest BCUT2D eigenvalue weighted by Gasteiger charge is -2.11. The maximum absolute atomic E-state index is 12.7. The van der Waals surface area contributed by atoms with Crippen molar-refractivity contribution in [2.24, 2.45) is 5.10 Å². The number of hydrazone groups is 1. The van der Waals surface area contributed by atoms with Gasteiger partial charge in [-0.3, -0.25) is 9.78 Å². The molecule has 8 heteroatoms. The summed E-state index contributed by atoms with van der Waals surface area (Å²) >= 11 is 0. The number of carbonyl (C=O) groups is 1. The fourth-order valence-corrected chi connectivity index (χ4v) is 2.65.